The Balaban J connectivity index is 1.81. The van der Waals surface area contributed by atoms with E-state index in [-0.39, 0.29) is 11.6 Å². The van der Waals surface area contributed by atoms with Crippen LogP contribution >= 0.6 is 0 Å². The first kappa shape index (κ1) is 20.3. The van der Waals surface area contributed by atoms with Gasteiger partial charge in [-0.1, -0.05) is 19.1 Å². The molecule has 0 aliphatic carbocycles. The Morgan fingerprint density at radius 2 is 2.17 bits per heavy atom. The number of likely N-dealkylation sites (tertiary alicyclic amines) is 1. The van der Waals surface area contributed by atoms with Crippen molar-refractivity contribution in [2.24, 2.45) is 0 Å². The van der Waals surface area contributed by atoms with E-state index in [1.165, 1.54) is 17.6 Å². The molecular weight excluding hydrogens is 383 g/mol. The molecule has 156 valence electrons. The van der Waals surface area contributed by atoms with Gasteiger partial charge in [-0.2, -0.15) is 0 Å². The van der Waals surface area contributed by atoms with Crippen LogP contribution in [-0.4, -0.2) is 45.2 Å². The van der Waals surface area contributed by atoms with E-state index in [4.69, 9.17) is 10.2 Å². The predicted octanol–water partition coefficient (Wildman–Crippen LogP) is 4.02. The highest BCUT2D eigenvalue weighted by Gasteiger charge is 2.25. The molecule has 7 heteroatoms. The fraction of sp³-hybridized carbons (Fsp3) is 0.304. The predicted molar refractivity (Wildman–Crippen MR) is 114 cm³/mol. The second-order valence-electron chi connectivity index (χ2n) is 7.53. The topological polar surface area (TPSA) is 70.4 Å². The maximum atomic E-state index is 14.3. The number of imidazole rings is 1. The summed E-state index contributed by atoms with van der Waals surface area (Å²) in [5.74, 6) is -0.368. The largest absolute Gasteiger partial charge is 0.320 e. The number of nitrogens with one attached hydrogen (secondary N) is 1. The lowest BCUT2D eigenvalue weighted by Gasteiger charge is -2.33. The number of para-hydroxylation sites is 2. The molecule has 1 fully saturated rings. The summed E-state index contributed by atoms with van der Waals surface area (Å²) in [6, 6.07) is 13.1. The smallest absolute Gasteiger partial charge is 0.267 e. The van der Waals surface area contributed by atoms with E-state index in [1.807, 2.05) is 18.2 Å². The number of piperidine rings is 1. The van der Waals surface area contributed by atoms with Crippen molar-refractivity contribution in [1.82, 2.24) is 19.9 Å². The number of amides is 1. The molecule has 6 nitrogen and oxygen atoms in total. The van der Waals surface area contributed by atoms with Crippen molar-refractivity contribution < 1.29 is 14.4 Å². The number of fused-ring (bicyclic) bond motifs is 1. The summed E-state index contributed by atoms with van der Waals surface area (Å²) in [4.78, 5) is 18.6. The van der Waals surface area contributed by atoms with Gasteiger partial charge in [0.1, 0.15) is 11.6 Å². The lowest BCUT2D eigenvalue weighted by Crippen LogP contribution is -2.36. The lowest BCUT2D eigenvalue weighted by molar-refractivity contribution is -0.124. The first-order valence-electron chi connectivity index (χ1n) is 10.2. The molecule has 4 rings (SSSR count). The van der Waals surface area contributed by atoms with Gasteiger partial charge in [-0.25, -0.2) is 14.9 Å². The number of halogens is 1. The minimum absolute atomic E-state index is 0.258. The molecule has 0 saturated carbocycles. The van der Waals surface area contributed by atoms with Crippen LogP contribution in [0, 0.1) is 5.82 Å². The maximum Gasteiger partial charge on any atom is 0.267 e. The summed E-state index contributed by atoms with van der Waals surface area (Å²) in [6.45, 7) is 5.25. The minimum Gasteiger partial charge on any atom is -0.320 e. The molecule has 30 heavy (non-hydrogen) atoms. The molecule has 0 unspecified atom stereocenters. The van der Waals surface area contributed by atoms with Crippen LogP contribution in [0.4, 0.5) is 4.39 Å². The van der Waals surface area contributed by atoms with Gasteiger partial charge >= 0.3 is 0 Å². The molecular formula is C23H25FN4O2. The second-order valence-corrected chi connectivity index (χ2v) is 7.53. The zero-order valence-corrected chi connectivity index (χ0v) is 16.9. The summed E-state index contributed by atoms with van der Waals surface area (Å²) in [7, 11) is 0. The number of carbonyl (C=O) groups excluding carboxylic acids is 1. The SMILES string of the molecule is CCN1CCC[C@@H](n2c(-c3ccc(F)c(/C=C/C(=O)NO)c3)nc3ccccc32)C1. The number of hydroxylamine groups is 1. The third kappa shape index (κ3) is 3.99. The van der Waals surface area contributed by atoms with Gasteiger partial charge in [0.25, 0.3) is 5.91 Å². The van der Waals surface area contributed by atoms with Crippen LogP contribution in [0.25, 0.3) is 28.5 Å². The number of rotatable bonds is 5. The van der Waals surface area contributed by atoms with Gasteiger partial charge in [-0.15, -0.1) is 0 Å². The minimum atomic E-state index is -0.714. The summed E-state index contributed by atoms with van der Waals surface area (Å²) in [6.07, 6.45) is 4.62. The lowest BCUT2D eigenvalue weighted by atomic mass is 10.0. The number of nitrogens with zero attached hydrogens (tertiary/aromatic N) is 3. The molecule has 1 aliphatic heterocycles. The normalized spacial score (nSPS) is 17.6. The van der Waals surface area contributed by atoms with E-state index in [2.05, 4.69) is 22.5 Å². The molecule has 2 heterocycles. The average molecular weight is 408 g/mol. The van der Waals surface area contributed by atoms with Crippen molar-refractivity contribution in [1.29, 1.82) is 0 Å². The first-order chi connectivity index (χ1) is 14.6. The highest BCUT2D eigenvalue weighted by atomic mass is 19.1. The quantitative estimate of drug-likeness (QED) is 0.380. The Labute approximate surface area is 174 Å². The molecule has 3 aromatic rings. The maximum absolute atomic E-state index is 14.3. The second kappa shape index (κ2) is 8.77. The van der Waals surface area contributed by atoms with Crippen molar-refractivity contribution in [3.63, 3.8) is 0 Å². The van der Waals surface area contributed by atoms with Crippen molar-refractivity contribution >= 4 is 23.0 Å². The Kier molecular flexibility index (Phi) is 5.92. The van der Waals surface area contributed by atoms with Crippen LogP contribution in [-0.2, 0) is 4.79 Å². The zero-order valence-electron chi connectivity index (χ0n) is 16.9. The van der Waals surface area contributed by atoms with Crippen molar-refractivity contribution in [2.45, 2.75) is 25.8 Å². The fourth-order valence-corrected chi connectivity index (χ4v) is 4.16. The van der Waals surface area contributed by atoms with E-state index >= 15 is 0 Å². The molecule has 0 radical (unpaired) electrons. The van der Waals surface area contributed by atoms with E-state index in [0.717, 1.165) is 61.0 Å². The average Bonchev–Trinajstić information content (AvgIpc) is 3.18. The molecule has 0 spiro atoms. The van der Waals surface area contributed by atoms with Gasteiger partial charge in [-0.3, -0.25) is 10.0 Å². The van der Waals surface area contributed by atoms with Crippen molar-refractivity contribution in [2.75, 3.05) is 19.6 Å². The Morgan fingerprint density at radius 1 is 1.33 bits per heavy atom. The van der Waals surface area contributed by atoms with Crippen LogP contribution in [0.15, 0.2) is 48.5 Å². The van der Waals surface area contributed by atoms with E-state index in [0.29, 0.717) is 0 Å². The molecule has 2 N–H and O–H groups in total. The van der Waals surface area contributed by atoms with Gasteiger partial charge in [0.15, 0.2) is 0 Å². The first-order valence-corrected chi connectivity index (χ1v) is 10.2. The Hall–Kier alpha value is -3.03. The van der Waals surface area contributed by atoms with Crippen molar-refractivity contribution in [3.05, 3.63) is 59.9 Å². The van der Waals surface area contributed by atoms with Crippen LogP contribution in [0.5, 0.6) is 0 Å². The number of carbonyl (C=O) groups is 1. The highest BCUT2D eigenvalue weighted by Crippen LogP contribution is 2.33. The van der Waals surface area contributed by atoms with Crippen LogP contribution in [0.1, 0.15) is 31.4 Å². The summed E-state index contributed by atoms with van der Waals surface area (Å²) in [5.41, 5.74) is 4.52. The molecule has 1 amide bonds. The number of hydrogen-bond donors (Lipinski definition) is 2. The van der Waals surface area contributed by atoms with Gasteiger partial charge in [0.2, 0.25) is 0 Å². The Morgan fingerprint density at radius 3 is 2.97 bits per heavy atom. The number of hydrogen-bond acceptors (Lipinski definition) is 4. The Bertz CT molecular complexity index is 1090. The standard InChI is InChI=1S/C23H25FN4O2/c1-2-27-13-5-6-18(15-27)28-21-8-4-3-7-20(21)25-23(28)17-9-11-19(24)16(14-17)10-12-22(29)26-30/h3-4,7-12,14,18,30H,2,5-6,13,15H2,1H3,(H,26,29)/b12-10+/t18-/m1/s1. The van der Waals surface area contributed by atoms with Gasteiger partial charge in [-0.05, 0) is 62.3 Å². The zero-order chi connectivity index (χ0) is 21.1. The molecule has 1 aromatic heterocycles. The van der Waals surface area contributed by atoms with Crippen LogP contribution in [0.2, 0.25) is 0 Å². The molecule has 2 aromatic carbocycles. The van der Waals surface area contributed by atoms with Crippen molar-refractivity contribution in [3.8, 4) is 11.4 Å². The van der Waals surface area contributed by atoms with Gasteiger partial charge in [0.05, 0.1) is 11.0 Å². The molecule has 1 atom stereocenters. The van der Waals surface area contributed by atoms with E-state index in [9.17, 15) is 9.18 Å². The summed E-state index contributed by atoms with van der Waals surface area (Å²) < 4.78 is 16.6. The third-order valence-electron chi connectivity index (χ3n) is 5.67. The number of likely N-dealkylation sites (N-methyl/N-ethyl adjacent to an activating group) is 1. The molecule has 1 saturated heterocycles. The van der Waals surface area contributed by atoms with Gasteiger partial charge < -0.3 is 9.47 Å². The van der Waals surface area contributed by atoms with E-state index in [1.54, 1.807) is 12.1 Å². The highest BCUT2D eigenvalue weighted by molar-refractivity contribution is 5.91. The fourth-order valence-electron chi connectivity index (χ4n) is 4.16. The van der Waals surface area contributed by atoms with Gasteiger partial charge in [0, 0.05) is 29.8 Å². The monoisotopic (exact) mass is 408 g/mol. The van der Waals surface area contributed by atoms with Crippen LogP contribution in [0.3, 0.4) is 0 Å². The molecule has 0 bridgehead atoms. The van der Waals surface area contributed by atoms with Crippen LogP contribution < -0.4 is 5.48 Å². The summed E-state index contributed by atoms with van der Waals surface area (Å²) >= 11 is 0. The third-order valence-corrected chi connectivity index (χ3v) is 5.67. The number of aromatic nitrogens is 2. The molecule has 1 aliphatic rings. The van der Waals surface area contributed by atoms with E-state index < -0.39 is 11.7 Å². The number of benzene rings is 2. The summed E-state index contributed by atoms with van der Waals surface area (Å²) in [5, 5.41) is 8.66.